The Morgan fingerprint density at radius 1 is 1.29 bits per heavy atom. The molecule has 0 aromatic rings. The molecule has 1 aliphatic heterocycles. The van der Waals surface area contributed by atoms with Crippen LogP contribution in [0.2, 0.25) is 0 Å². The van der Waals surface area contributed by atoms with Gasteiger partial charge in [-0.1, -0.05) is 6.92 Å². The third kappa shape index (κ3) is 6.68. The van der Waals surface area contributed by atoms with Crippen LogP contribution in [0.1, 0.15) is 40.0 Å². The number of piperidine rings is 1. The summed E-state index contributed by atoms with van der Waals surface area (Å²) in [6.07, 6.45) is 4.08. The lowest BCUT2D eigenvalue weighted by atomic mass is 9.97. The zero-order valence-electron chi connectivity index (χ0n) is 11.9. The molecule has 1 aliphatic rings. The molecule has 1 saturated heterocycles. The van der Waals surface area contributed by atoms with Crippen molar-refractivity contribution < 1.29 is 0 Å². The topological polar surface area (TPSA) is 15.3 Å². The van der Waals surface area contributed by atoms with Crippen molar-refractivity contribution >= 4 is 11.8 Å². The molecule has 102 valence electrons. The van der Waals surface area contributed by atoms with Crippen molar-refractivity contribution in [3.63, 3.8) is 0 Å². The summed E-state index contributed by atoms with van der Waals surface area (Å²) in [7, 11) is 0. The normalized spacial score (nSPS) is 18.2. The maximum atomic E-state index is 3.46. The van der Waals surface area contributed by atoms with Gasteiger partial charge in [-0.2, -0.15) is 11.8 Å². The van der Waals surface area contributed by atoms with E-state index in [1.165, 1.54) is 56.9 Å². The Morgan fingerprint density at radius 3 is 2.59 bits per heavy atom. The van der Waals surface area contributed by atoms with Crippen molar-refractivity contribution in [3.8, 4) is 0 Å². The summed E-state index contributed by atoms with van der Waals surface area (Å²) in [5.74, 6) is 3.51. The van der Waals surface area contributed by atoms with E-state index in [2.05, 4.69) is 42.7 Å². The van der Waals surface area contributed by atoms with E-state index >= 15 is 0 Å². The highest BCUT2D eigenvalue weighted by atomic mass is 32.2. The predicted octanol–water partition coefficient (Wildman–Crippen LogP) is 2.84. The molecule has 0 saturated carbocycles. The molecule has 17 heavy (non-hydrogen) atoms. The maximum absolute atomic E-state index is 3.46. The molecule has 0 unspecified atom stereocenters. The second-order valence-corrected chi connectivity index (χ2v) is 6.73. The molecular formula is C14H30N2S. The van der Waals surface area contributed by atoms with Gasteiger partial charge in [0, 0.05) is 12.6 Å². The van der Waals surface area contributed by atoms with Crippen LogP contribution in [0.5, 0.6) is 0 Å². The molecule has 1 heterocycles. The van der Waals surface area contributed by atoms with E-state index in [1.807, 2.05) is 0 Å². The molecule has 0 aromatic carbocycles. The molecule has 0 radical (unpaired) electrons. The lowest BCUT2D eigenvalue weighted by molar-refractivity contribution is 0.170. The Kier molecular flexibility index (Phi) is 8.33. The highest BCUT2D eigenvalue weighted by Gasteiger charge is 2.18. The smallest absolute Gasteiger partial charge is 0.00387 e. The van der Waals surface area contributed by atoms with Crippen molar-refractivity contribution in [2.45, 2.75) is 46.1 Å². The predicted molar refractivity (Wildman–Crippen MR) is 79.9 cm³/mol. The summed E-state index contributed by atoms with van der Waals surface area (Å²) >= 11 is 2.07. The van der Waals surface area contributed by atoms with E-state index in [4.69, 9.17) is 0 Å². The molecular weight excluding hydrogens is 228 g/mol. The highest BCUT2D eigenvalue weighted by molar-refractivity contribution is 7.99. The van der Waals surface area contributed by atoms with Crippen LogP contribution in [0, 0.1) is 5.92 Å². The highest BCUT2D eigenvalue weighted by Crippen LogP contribution is 2.15. The van der Waals surface area contributed by atoms with Crippen molar-refractivity contribution in [1.29, 1.82) is 0 Å². The van der Waals surface area contributed by atoms with Gasteiger partial charge in [-0.05, 0) is 70.2 Å². The lowest BCUT2D eigenvalue weighted by Crippen LogP contribution is -2.40. The van der Waals surface area contributed by atoms with Gasteiger partial charge in [-0.15, -0.1) is 0 Å². The average molecular weight is 258 g/mol. The first-order valence-electron chi connectivity index (χ1n) is 7.26. The van der Waals surface area contributed by atoms with Crippen LogP contribution in [-0.4, -0.2) is 48.6 Å². The lowest BCUT2D eigenvalue weighted by Gasteiger charge is -2.32. The Hall–Kier alpha value is 0.270. The molecule has 2 nitrogen and oxygen atoms in total. The number of thioether (sulfide) groups is 1. The van der Waals surface area contributed by atoms with Crippen LogP contribution in [0.15, 0.2) is 0 Å². The van der Waals surface area contributed by atoms with Crippen molar-refractivity contribution in [2.75, 3.05) is 37.7 Å². The van der Waals surface area contributed by atoms with E-state index in [-0.39, 0.29) is 0 Å². The second-order valence-electron chi connectivity index (χ2n) is 5.33. The number of hydrogen-bond donors (Lipinski definition) is 1. The average Bonchev–Trinajstić information content (AvgIpc) is 2.34. The number of nitrogens with zero attached hydrogens (tertiary/aromatic N) is 1. The standard InChI is InChI=1S/C14H30N2S/c1-4-17-11-5-10-16(13(2)3)12-14-6-8-15-9-7-14/h13-15H,4-12H2,1-3H3. The van der Waals surface area contributed by atoms with Crippen molar-refractivity contribution in [1.82, 2.24) is 10.2 Å². The SMILES string of the molecule is CCSCCCN(CC1CCNCC1)C(C)C. The molecule has 1 rings (SSSR count). The van der Waals surface area contributed by atoms with E-state index in [0.717, 1.165) is 5.92 Å². The molecule has 3 heteroatoms. The number of hydrogen-bond acceptors (Lipinski definition) is 3. The summed E-state index contributed by atoms with van der Waals surface area (Å²) in [5, 5.41) is 3.46. The molecule has 0 aliphatic carbocycles. The second kappa shape index (κ2) is 9.23. The fraction of sp³-hybridized carbons (Fsp3) is 1.00. The zero-order valence-corrected chi connectivity index (χ0v) is 12.7. The van der Waals surface area contributed by atoms with E-state index in [0.29, 0.717) is 6.04 Å². The largest absolute Gasteiger partial charge is 0.317 e. The molecule has 0 aromatic heterocycles. The zero-order chi connectivity index (χ0) is 12.5. The van der Waals surface area contributed by atoms with Crippen LogP contribution in [0.25, 0.3) is 0 Å². The molecule has 0 amide bonds. The van der Waals surface area contributed by atoms with Crippen LogP contribution in [-0.2, 0) is 0 Å². The first-order valence-corrected chi connectivity index (χ1v) is 8.42. The van der Waals surface area contributed by atoms with Gasteiger partial charge in [0.05, 0.1) is 0 Å². The molecule has 1 N–H and O–H groups in total. The van der Waals surface area contributed by atoms with Crippen LogP contribution < -0.4 is 5.32 Å². The van der Waals surface area contributed by atoms with E-state index < -0.39 is 0 Å². The quantitative estimate of drug-likeness (QED) is 0.674. The number of nitrogens with one attached hydrogen (secondary N) is 1. The Labute approximate surface area is 112 Å². The molecule has 0 atom stereocenters. The van der Waals surface area contributed by atoms with Gasteiger partial charge < -0.3 is 10.2 Å². The summed E-state index contributed by atoms with van der Waals surface area (Å²) in [6, 6.07) is 0.705. The minimum absolute atomic E-state index is 0.705. The van der Waals surface area contributed by atoms with Gasteiger partial charge in [0.15, 0.2) is 0 Å². The summed E-state index contributed by atoms with van der Waals surface area (Å²) in [6.45, 7) is 12.0. The molecule has 0 spiro atoms. The van der Waals surface area contributed by atoms with Crippen LogP contribution >= 0.6 is 11.8 Å². The van der Waals surface area contributed by atoms with Gasteiger partial charge in [-0.3, -0.25) is 0 Å². The van der Waals surface area contributed by atoms with Crippen molar-refractivity contribution in [2.24, 2.45) is 5.92 Å². The summed E-state index contributed by atoms with van der Waals surface area (Å²) < 4.78 is 0. The van der Waals surface area contributed by atoms with Gasteiger partial charge in [0.2, 0.25) is 0 Å². The van der Waals surface area contributed by atoms with Gasteiger partial charge in [0.1, 0.15) is 0 Å². The molecule has 1 fully saturated rings. The first-order chi connectivity index (χ1) is 8.24. The van der Waals surface area contributed by atoms with Gasteiger partial charge in [-0.25, -0.2) is 0 Å². The fourth-order valence-corrected chi connectivity index (χ4v) is 3.09. The Morgan fingerprint density at radius 2 is 2.00 bits per heavy atom. The first kappa shape index (κ1) is 15.3. The Bertz CT molecular complexity index is 179. The van der Waals surface area contributed by atoms with Gasteiger partial charge >= 0.3 is 0 Å². The number of rotatable bonds is 8. The van der Waals surface area contributed by atoms with E-state index in [9.17, 15) is 0 Å². The van der Waals surface area contributed by atoms with Crippen molar-refractivity contribution in [3.05, 3.63) is 0 Å². The van der Waals surface area contributed by atoms with Gasteiger partial charge in [0.25, 0.3) is 0 Å². The maximum Gasteiger partial charge on any atom is 0.00387 e. The van der Waals surface area contributed by atoms with Crippen LogP contribution in [0.3, 0.4) is 0 Å². The monoisotopic (exact) mass is 258 g/mol. The minimum Gasteiger partial charge on any atom is -0.317 e. The van der Waals surface area contributed by atoms with E-state index in [1.54, 1.807) is 0 Å². The fourth-order valence-electron chi connectivity index (χ4n) is 2.47. The summed E-state index contributed by atoms with van der Waals surface area (Å²) in [4.78, 5) is 2.69. The Balaban J connectivity index is 2.21. The van der Waals surface area contributed by atoms with Crippen LogP contribution in [0.4, 0.5) is 0 Å². The summed E-state index contributed by atoms with van der Waals surface area (Å²) in [5.41, 5.74) is 0. The molecule has 0 bridgehead atoms. The minimum atomic E-state index is 0.705. The third-order valence-corrected chi connectivity index (χ3v) is 4.61. The third-order valence-electron chi connectivity index (χ3n) is 3.62.